The van der Waals surface area contributed by atoms with Crippen LogP contribution in [-0.2, 0) is 9.53 Å². The highest BCUT2D eigenvalue weighted by Gasteiger charge is 2.26. The number of para-hydroxylation sites is 1. The molecule has 0 saturated carbocycles. The number of anilines is 1. The van der Waals surface area contributed by atoms with Gasteiger partial charge in [0.1, 0.15) is 6.10 Å². The average Bonchev–Trinajstić information content (AvgIpc) is 2.97. The number of ketones is 1. The van der Waals surface area contributed by atoms with Gasteiger partial charge in [0.25, 0.3) is 0 Å². The first kappa shape index (κ1) is 29.2. The summed E-state index contributed by atoms with van der Waals surface area (Å²) in [5.41, 5.74) is 2.75. The van der Waals surface area contributed by atoms with Crippen LogP contribution in [0.4, 0.5) is 10.5 Å². The van der Waals surface area contributed by atoms with Gasteiger partial charge in [0.2, 0.25) is 0 Å². The number of hydrogen-bond donors (Lipinski definition) is 5. The minimum absolute atomic E-state index is 0.0645. The number of rotatable bonds is 13. The second-order valence-corrected chi connectivity index (χ2v) is 10.5. The Kier molecular flexibility index (Phi) is 11.7. The van der Waals surface area contributed by atoms with Crippen LogP contribution >= 0.6 is 0 Å². The van der Waals surface area contributed by atoms with E-state index in [9.17, 15) is 9.59 Å². The van der Waals surface area contributed by atoms with Crippen molar-refractivity contribution in [3.8, 4) is 11.1 Å². The van der Waals surface area contributed by atoms with E-state index in [-0.39, 0.29) is 24.5 Å². The summed E-state index contributed by atoms with van der Waals surface area (Å²) in [5.74, 6) is 0.736. The fraction of sp³-hybridized carbons (Fsp3) is 0.533. The van der Waals surface area contributed by atoms with Gasteiger partial charge in [-0.25, -0.2) is 4.79 Å². The summed E-state index contributed by atoms with van der Waals surface area (Å²) in [7, 11) is 0. The lowest BCUT2D eigenvalue weighted by Gasteiger charge is -2.32. The largest absolute Gasteiger partial charge is 0.446 e. The number of ether oxygens (including phenoxy) is 1. The van der Waals surface area contributed by atoms with Crippen molar-refractivity contribution in [1.82, 2.24) is 20.9 Å². The van der Waals surface area contributed by atoms with Crippen molar-refractivity contribution < 1.29 is 19.4 Å². The monoisotopic (exact) mass is 537 g/mol. The molecule has 2 unspecified atom stereocenters. The molecule has 5 N–H and O–H groups in total. The molecule has 2 aromatic rings. The molecular weight excluding hydrogens is 494 g/mol. The average molecular weight is 538 g/mol. The quantitative estimate of drug-likeness (QED) is 0.248. The van der Waals surface area contributed by atoms with Gasteiger partial charge in [0, 0.05) is 38.3 Å². The zero-order valence-corrected chi connectivity index (χ0v) is 22.7. The number of piperidine rings is 2. The topological polar surface area (TPSA) is 115 Å². The standard InChI is InChI=1S/C30H43N5O4/c36-19-15-32-20-23-10-11-28(33-21-23)29(37)22-31-14-18-35-16-12-25(13-17-35)39-30(38)34-27-9-5-4-8-26(27)24-6-2-1-3-7-24/h1-9,23,25,28,31-33,36H,10-22H2,(H,34,38). The summed E-state index contributed by atoms with van der Waals surface area (Å²) in [6.45, 7) is 6.23. The number of carbonyl (C=O) groups is 2. The Bertz CT molecular complexity index is 1020. The van der Waals surface area contributed by atoms with E-state index in [2.05, 4.69) is 26.2 Å². The maximum Gasteiger partial charge on any atom is 0.411 e. The van der Waals surface area contributed by atoms with E-state index in [4.69, 9.17) is 9.84 Å². The summed E-state index contributed by atoms with van der Waals surface area (Å²) in [6, 6.07) is 17.7. The maximum absolute atomic E-state index is 12.6. The molecule has 4 rings (SSSR count). The molecule has 2 saturated heterocycles. The first-order valence-corrected chi connectivity index (χ1v) is 14.2. The Morgan fingerprint density at radius 1 is 0.949 bits per heavy atom. The van der Waals surface area contributed by atoms with Crippen molar-refractivity contribution in [3.05, 3.63) is 54.6 Å². The number of benzene rings is 2. The SMILES string of the molecule is O=C(Nc1ccccc1-c1ccccc1)OC1CCN(CCNCC(=O)C2CCC(CNCCO)CN2)CC1. The van der Waals surface area contributed by atoms with Gasteiger partial charge in [-0.15, -0.1) is 0 Å². The van der Waals surface area contributed by atoms with E-state index >= 15 is 0 Å². The van der Waals surface area contributed by atoms with Crippen molar-refractivity contribution >= 4 is 17.6 Å². The molecule has 9 nitrogen and oxygen atoms in total. The summed E-state index contributed by atoms with van der Waals surface area (Å²) < 4.78 is 5.73. The number of carbonyl (C=O) groups excluding carboxylic acids is 2. The minimum atomic E-state index is -0.416. The number of aliphatic hydroxyl groups is 1. The van der Waals surface area contributed by atoms with Crippen molar-refractivity contribution in [1.29, 1.82) is 0 Å². The molecule has 2 heterocycles. The lowest BCUT2D eigenvalue weighted by molar-refractivity contribution is -0.120. The van der Waals surface area contributed by atoms with Crippen molar-refractivity contribution in [2.24, 2.45) is 5.92 Å². The van der Waals surface area contributed by atoms with Crippen LogP contribution in [0.1, 0.15) is 25.7 Å². The second-order valence-electron chi connectivity index (χ2n) is 10.5. The predicted molar refractivity (Wildman–Crippen MR) is 154 cm³/mol. The highest BCUT2D eigenvalue weighted by molar-refractivity contribution is 5.91. The normalized spacial score (nSPS) is 20.4. The lowest BCUT2D eigenvalue weighted by atomic mass is 9.92. The van der Waals surface area contributed by atoms with Gasteiger partial charge >= 0.3 is 6.09 Å². The van der Waals surface area contributed by atoms with E-state index < -0.39 is 6.09 Å². The van der Waals surface area contributed by atoms with Gasteiger partial charge in [-0.3, -0.25) is 10.1 Å². The summed E-state index contributed by atoms with van der Waals surface area (Å²) in [6.07, 6.45) is 2.97. The number of amides is 1. The van der Waals surface area contributed by atoms with Crippen molar-refractivity contribution in [3.63, 3.8) is 0 Å². The highest BCUT2D eigenvalue weighted by Crippen LogP contribution is 2.28. The zero-order chi connectivity index (χ0) is 27.3. The van der Waals surface area contributed by atoms with E-state index in [0.29, 0.717) is 19.0 Å². The van der Waals surface area contributed by atoms with Crippen LogP contribution in [0.15, 0.2) is 54.6 Å². The van der Waals surface area contributed by atoms with Crippen LogP contribution in [-0.4, -0.2) is 93.0 Å². The fourth-order valence-electron chi connectivity index (χ4n) is 5.32. The van der Waals surface area contributed by atoms with Gasteiger partial charge in [-0.05, 0) is 56.3 Å². The summed E-state index contributed by atoms with van der Waals surface area (Å²) in [4.78, 5) is 27.5. The number of aliphatic hydroxyl groups excluding tert-OH is 1. The molecule has 1 amide bonds. The molecule has 0 aromatic heterocycles. The molecule has 0 aliphatic carbocycles. The molecule has 2 aliphatic rings. The predicted octanol–water partition coefficient (Wildman–Crippen LogP) is 2.48. The van der Waals surface area contributed by atoms with Crippen LogP contribution < -0.4 is 21.3 Å². The highest BCUT2D eigenvalue weighted by atomic mass is 16.6. The third-order valence-corrected chi connectivity index (χ3v) is 7.59. The molecule has 212 valence electrons. The summed E-state index contributed by atoms with van der Waals surface area (Å²) in [5, 5.41) is 21.7. The number of nitrogens with zero attached hydrogens (tertiary/aromatic N) is 1. The number of likely N-dealkylation sites (tertiary alicyclic amines) is 1. The Morgan fingerprint density at radius 3 is 2.46 bits per heavy atom. The van der Waals surface area contributed by atoms with Crippen LogP contribution in [0.5, 0.6) is 0 Å². The Hall–Kier alpha value is -2.82. The molecule has 0 spiro atoms. The van der Waals surface area contributed by atoms with Gasteiger partial charge < -0.3 is 30.7 Å². The number of Topliss-reactive ketones (excluding diaryl/α,β-unsaturated/α-hetero) is 1. The summed E-state index contributed by atoms with van der Waals surface area (Å²) >= 11 is 0. The molecule has 2 atom stereocenters. The number of hydrogen-bond acceptors (Lipinski definition) is 8. The molecule has 0 bridgehead atoms. The first-order valence-electron chi connectivity index (χ1n) is 14.2. The Labute approximate surface area is 231 Å². The van der Waals surface area contributed by atoms with Crippen LogP contribution in [0.2, 0.25) is 0 Å². The van der Waals surface area contributed by atoms with E-state index in [0.717, 1.165) is 81.8 Å². The van der Waals surface area contributed by atoms with Crippen molar-refractivity contribution in [2.45, 2.75) is 37.8 Å². The third kappa shape index (κ3) is 9.40. The maximum atomic E-state index is 12.6. The second kappa shape index (κ2) is 15.7. The van der Waals surface area contributed by atoms with Gasteiger partial charge in [-0.2, -0.15) is 0 Å². The smallest absolute Gasteiger partial charge is 0.411 e. The van der Waals surface area contributed by atoms with Crippen molar-refractivity contribution in [2.75, 3.05) is 64.3 Å². The van der Waals surface area contributed by atoms with E-state index in [1.165, 1.54) is 0 Å². The third-order valence-electron chi connectivity index (χ3n) is 7.59. The molecule has 39 heavy (non-hydrogen) atoms. The van der Waals surface area contributed by atoms with Gasteiger partial charge in [-0.1, -0.05) is 48.5 Å². The fourth-order valence-corrected chi connectivity index (χ4v) is 5.32. The molecule has 9 heteroatoms. The van der Waals surface area contributed by atoms with Crippen LogP contribution in [0.25, 0.3) is 11.1 Å². The lowest BCUT2D eigenvalue weighted by Crippen LogP contribution is -2.49. The van der Waals surface area contributed by atoms with E-state index in [1.807, 2.05) is 54.6 Å². The van der Waals surface area contributed by atoms with Crippen LogP contribution in [0, 0.1) is 5.92 Å². The van der Waals surface area contributed by atoms with Crippen LogP contribution in [0.3, 0.4) is 0 Å². The number of nitrogens with one attached hydrogen (secondary N) is 4. The van der Waals surface area contributed by atoms with E-state index in [1.54, 1.807) is 0 Å². The van der Waals surface area contributed by atoms with Gasteiger partial charge in [0.15, 0.2) is 5.78 Å². The van der Waals surface area contributed by atoms with Gasteiger partial charge in [0.05, 0.1) is 24.9 Å². The zero-order valence-electron chi connectivity index (χ0n) is 22.7. The molecule has 2 aliphatic heterocycles. The molecule has 2 fully saturated rings. The first-order chi connectivity index (χ1) is 19.1. The molecular formula is C30H43N5O4. The minimum Gasteiger partial charge on any atom is -0.446 e. The molecule has 0 radical (unpaired) electrons. The Morgan fingerprint density at radius 2 is 1.72 bits per heavy atom. The Balaban J connectivity index is 1.08. The molecule has 2 aromatic carbocycles.